The Hall–Kier alpha value is -0.650. The quantitative estimate of drug-likeness (QED) is 0.652. The smallest absolute Gasteiger partial charge is 0.338 e. The summed E-state index contributed by atoms with van der Waals surface area (Å²) in [5.41, 5.74) is -1.45. The molecule has 100 valence electrons. The van der Waals surface area contributed by atoms with Gasteiger partial charge in [0.2, 0.25) is 0 Å². The molecule has 1 saturated heterocycles. The number of rotatable bonds is 6. The van der Waals surface area contributed by atoms with Crippen molar-refractivity contribution in [1.82, 2.24) is 4.90 Å². The van der Waals surface area contributed by atoms with Crippen LogP contribution in [0.4, 0.5) is 0 Å². The van der Waals surface area contributed by atoms with E-state index >= 15 is 0 Å². The Morgan fingerprint density at radius 1 is 1.59 bits per heavy atom. The molecule has 0 aromatic rings. The molecule has 0 radical (unpaired) electrons. The van der Waals surface area contributed by atoms with E-state index in [0.717, 1.165) is 32.2 Å². The highest BCUT2D eigenvalue weighted by molar-refractivity contribution is 5.78. The maximum atomic E-state index is 11.4. The summed E-state index contributed by atoms with van der Waals surface area (Å²) in [6.07, 6.45) is 3.82. The van der Waals surface area contributed by atoms with Crippen LogP contribution in [0, 0.1) is 0 Å². The highest BCUT2D eigenvalue weighted by Gasteiger charge is 2.37. The molecular weight excluding hydrogens is 222 g/mol. The Labute approximate surface area is 102 Å². The van der Waals surface area contributed by atoms with Gasteiger partial charge in [0.05, 0.1) is 7.11 Å². The molecule has 1 aliphatic rings. The lowest BCUT2D eigenvalue weighted by Crippen LogP contribution is -2.48. The number of carbonyl (C=O) groups excluding carboxylic acids is 1. The lowest BCUT2D eigenvalue weighted by Gasteiger charge is -2.30. The zero-order valence-corrected chi connectivity index (χ0v) is 10.7. The molecule has 0 saturated carbocycles. The minimum Gasteiger partial charge on any atom is -0.467 e. The van der Waals surface area contributed by atoms with Gasteiger partial charge in [-0.05, 0) is 39.2 Å². The number of carbonyl (C=O) groups is 1. The number of nitrogens with zero attached hydrogens (tertiary/aromatic N) is 1. The number of methoxy groups -OCH3 is 1. The van der Waals surface area contributed by atoms with Crippen LogP contribution in [-0.4, -0.2) is 59.5 Å². The Kier molecular flexibility index (Phi) is 5.36. The van der Waals surface area contributed by atoms with Crippen molar-refractivity contribution >= 4 is 5.97 Å². The van der Waals surface area contributed by atoms with Gasteiger partial charge in [0, 0.05) is 19.2 Å². The fourth-order valence-corrected chi connectivity index (χ4v) is 2.44. The molecule has 0 spiro atoms. The van der Waals surface area contributed by atoms with Gasteiger partial charge in [0.25, 0.3) is 0 Å². The van der Waals surface area contributed by atoms with Gasteiger partial charge in [-0.15, -0.1) is 0 Å². The van der Waals surface area contributed by atoms with Crippen LogP contribution in [0.15, 0.2) is 0 Å². The van der Waals surface area contributed by atoms with Gasteiger partial charge in [-0.2, -0.15) is 0 Å². The molecule has 5 heteroatoms. The normalized spacial score (nSPS) is 24.6. The van der Waals surface area contributed by atoms with Crippen molar-refractivity contribution in [1.29, 1.82) is 0 Å². The number of aliphatic hydroxyl groups is 2. The number of ether oxygens (including phenoxy) is 1. The summed E-state index contributed by atoms with van der Waals surface area (Å²) in [6.45, 7) is 2.87. The van der Waals surface area contributed by atoms with Crippen molar-refractivity contribution in [3.63, 3.8) is 0 Å². The van der Waals surface area contributed by atoms with E-state index in [2.05, 4.69) is 9.64 Å². The van der Waals surface area contributed by atoms with E-state index in [-0.39, 0.29) is 6.61 Å². The Balaban J connectivity index is 2.51. The SMILES string of the molecule is COC(=O)C(C)(O)CN1CCCC1CCCO. The molecule has 17 heavy (non-hydrogen) atoms. The van der Waals surface area contributed by atoms with Crippen LogP contribution >= 0.6 is 0 Å². The van der Waals surface area contributed by atoms with Crippen molar-refractivity contribution in [3.8, 4) is 0 Å². The summed E-state index contributed by atoms with van der Waals surface area (Å²) in [5.74, 6) is -0.592. The predicted octanol–water partition coefficient (Wildman–Crippen LogP) is 0.147. The molecule has 0 aromatic heterocycles. The standard InChI is InChI=1S/C12H23NO4/c1-12(16,11(15)17-2)9-13-7-3-5-10(13)6-4-8-14/h10,14,16H,3-9H2,1-2H3. The fourth-order valence-electron chi connectivity index (χ4n) is 2.44. The molecule has 1 fully saturated rings. The average Bonchev–Trinajstić information content (AvgIpc) is 2.71. The first-order valence-corrected chi connectivity index (χ1v) is 6.17. The molecule has 2 unspecified atom stereocenters. The van der Waals surface area contributed by atoms with E-state index in [1.165, 1.54) is 14.0 Å². The van der Waals surface area contributed by atoms with E-state index in [1.54, 1.807) is 0 Å². The number of hydrogen-bond acceptors (Lipinski definition) is 5. The maximum absolute atomic E-state index is 11.4. The molecule has 1 heterocycles. The number of hydrogen-bond donors (Lipinski definition) is 2. The predicted molar refractivity (Wildman–Crippen MR) is 63.6 cm³/mol. The van der Waals surface area contributed by atoms with E-state index in [1.807, 2.05) is 0 Å². The van der Waals surface area contributed by atoms with E-state index < -0.39 is 11.6 Å². The van der Waals surface area contributed by atoms with Gasteiger partial charge in [0.1, 0.15) is 0 Å². The lowest BCUT2D eigenvalue weighted by molar-refractivity contribution is -0.162. The van der Waals surface area contributed by atoms with Crippen LogP contribution in [0.25, 0.3) is 0 Å². The van der Waals surface area contributed by atoms with Crippen molar-refractivity contribution in [2.24, 2.45) is 0 Å². The molecule has 1 aliphatic heterocycles. The largest absolute Gasteiger partial charge is 0.467 e. The molecule has 0 aromatic carbocycles. The summed E-state index contributed by atoms with van der Waals surface area (Å²) in [5, 5.41) is 18.9. The van der Waals surface area contributed by atoms with E-state index in [0.29, 0.717) is 12.6 Å². The molecule has 5 nitrogen and oxygen atoms in total. The van der Waals surface area contributed by atoms with Crippen molar-refractivity contribution in [2.75, 3.05) is 26.8 Å². The van der Waals surface area contributed by atoms with Crippen LogP contribution in [0.5, 0.6) is 0 Å². The fraction of sp³-hybridized carbons (Fsp3) is 0.917. The first-order valence-electron chi connectivity index (χ1n) is 6.17. The van der Waals surface area contributed by atoms with Gasteiger partial charge in [0.15, 0.2) is 5.60 Å². The number of esters is 1. The highest BCUT2D eigenvalue weighted by Crippen LogP contribution is 2.23. The first-order chi connectivity index (χ1) is 8.01. The van der Waals surface area contributed by atoms with Crippen LogP contribution in [0.2, 0.25) is 0 Å². The minimum absolute atomic E-state index is 0.192. The van der Waals surface area contributed by atoms with Crippen LogP contribution in [-0.2, 0) is 9.53 Å². The molecule has 1 rings (SSSR count). The third kappa shape index (κ3) is 3.94. The minimum atomic E-state index is -1.45. The molecule has 0 aliphatic carbocycles. The zero-order chi connectivity index (χ0) is 12.9. The Bertz CT molecular complexity index is 255. The van der Waals surface area contributed by atoms with Crippen molar-refractivity contribution < 1.29 is 19.7 Å². The van der Waals surface area contributed by atoms with Crippen LogP contribution < -0.4 is 0 Å². The first kappa shape index (κ1) is 14.4. The van der Waals surface area contributed by atoms with Crippen LogP contribution in [0.3, 0.4) is 0 Å². The number of β-amino-alcohol motifs (C(OH)–C–C–N with tert-alkyl or cyclic N) is 1. The monoisotopic (exact) mass is 245 g/mol. The molecule has 2 atom stereocenters. The third-order valence-corrected chi connectivity index (χ3v) is 3.33. The van der Waals surface area contributed by atoms with Crippen LogP contribution in [0.1, 0.15) is 32.6 Å². The van der Waals surface area contributed by atoms with Gasteiger partial charge < -0.3 is 14.9 Å². The lowest BCUT2D eigenvalue weighted by atomic mass is 10.0. The molecule has 2 N–H and O–H groups in total. The summed E-state index contributed by atoms with van der Waals surface area (Å²) < 4.78 is 4.59. The second-order valence-electron chi connectivity index (χ2n) is 4.90. The number of aliphatic hydroxyl groups excluding tert-OH is 1. The topological polar surface area (TPSA) is 70.0 Å². The average molecular weight is 245 g/mol. The summed E-state index contributed by atoms with van der Waals surface area (Å²) in [6, 6.07) is 0.360. The Morgan fingerprint density at radius 2 is 2.29 bits per heavy atom. The molecule has 0 bridgehead atoms. The molecule has 0 amide bonds. The van der Waals surface area contributed by atoms with Gasteiger partial charge >= 0.3 is 5.97 Å². The summed E-state index contributed by atoms with van der Waals surface area (Å²) >= 11 is 0. The highest BCUT2D eigenvalue weighted by atomic mass is 16.5. The summed E-state index contributed by atoms with van der Waals surface area (Å²) in [4.78, 5) is 13.5. The van der Waals surface area contributed by atoms with Crippen molar-refractivity contribution in [3.05, 3.63) is 0 Å². The third-order valence-electron chi connectivity index (χ3n) is 3.33. The summed E-state index contributed by atoms with van der Waals surface area (Å²) in [7, 11) is 1.28. The second kappa shape index (κ2) is 6.33. The van der Waals surface area contributed by atoms with Gasteiger partial charge in [-0.25, -0.2) is 4.79 Å². The van der Waals surface area contributed by atoms with Gasteiger partial charge in [-0.1, -0.05) is 0 Å². The van der Waals surface area contributed by atoms with Crippen molar-refractivity contribution in [2.45, 2.75) is 44.2 Å². The van der Waals surface area contributed by atoms with E-state index in [9.17, 15) is 9.90 Å². The van der Waals surface area contributed by atoms with Gasteiger partial charge in [-0.3, -0.25) is 4.90 Å². The Morgan fingerprint density at radius 3 is 2.88 bits per heavy atom. The second-order valence-corrected chi connectivity index (χ2v) is 4.90. The molecular formula is C12H23NO4. The zero-order valence-electron chi connectivity index (χ0n) is 10.7. The maximum Gasteiger partial charge on any atom is 0.338 e. The number of likely N-dealkylation sites (tertiary alicyclic amines) is 1. The van der Waals surface area contributed by atoms with E-state index in [4.69, 9.17) is 5.11 Å².